The molecule has 0 amide bonds. The van der Waals surface area contributed by atoms with Crippen molar-refractivity contribution in [2.24, 2.45) is 5.73 Å². The third-order valence-electron chi connectivity index (χ3n) is 1.43. The summed E-state index contributed by atoms with van der Waals surface area (Å²) in [6.45, 7) is 2.10. The Morgan fingerprint density at radius 1 is 1.56 bits per heavy atom. The summed E-state index contributed by atoms with van der Waals surface area (Å²) in [5, 5.41) is 0.712. The number of thioether (sulfide) groups is 2. The molecule has 1 unspecified atom stereocenters. The molecule has 1 heterocycles. The fraction of sp³-hybridized carbons (Fsp3) is 1.00. The minimum absolute atomic E-state index is 0.378. The van der Waals surface area contributed by atoms with Crippen LogP contribution in [0, 0.1) is 0 Å². The molecule has 54 valence electrons. The second kappa shape index (κ2) is 3.74. The Hall–Kier alpha value is 0.660. The average molecular weight is 163 g/mol. The summed E-state index contributed by atoms with van der Waals surface area (Å²) in [6.07, 6.45) is 0. The van der Waals surface area contributed by atoms with E-state index in [4.69, 9.17) is 5.73 Å². The van der Waals surface area contributed by atoms with Crippen molar-refractivity contribution in [2.45, 2.75) is 18.2 Å². The molecule has 1 aliphatic rings. The largest absolute Gasteiger partial charge is 0.327 e. The molecular formula is C6H13NS2. The molecule has 0 aromatic carbocycles. The van der Waals surface area contributed by atoms with Crippen LogP contribution in [0.15, 0.2) is 0 Å². The topological polar surface area (TPSA) is 26.0 Å². The summed E-state index contributed by atoms with van der Waals surface area (Å²) in [4.78, 5) is 0. The Morgan fingerprint density at radius 2 is 2.33 bits per heavy atom. The third kappa shape index (κ3) is 2.40. The van der Waals surface area contributed by atoms with Gasteiger partial charge in [-0.05, 0) is 6.92 Å². The summed E-state index contributed by atoms with van der Waals surface area (Å²) >= 11 is 4.06. The molecule has 0 bridgehead atoms. The van der Waals surface area contributed by atoms with Crippen molar-refractivity contribution in [3.05, 3.63) is 0 Å². The first kappa shape index (κ1) is 7.76. The Bertz CT molecular complexity index is 79.1. The van der Waals surface area contributed by atoms with E-state index >= 15 is 0 Å². The molecule has 2 atom stereocenters. The zero-order valence-corrected chi connectivity index (χ0v) is 7.30. The van der Waals surface area contributed by atoms with Gasteiger partial charge in [0.25, 0.3) is 0 Å². The van der Waals surface area contributed by atoms with Crippen LogP contribution in [0.2, 0.25) is 0 Å². The van der Waals surface area contributed by atoms with Crippen LogP contribution in [-0.4, -0.2) is 28.6 Å². The van der Waals surface area contributed by atoms with Gasteiger partial charge < -0.3 is 5.73 Å². The molecular weight excluding hydrogens is 150 g/mol. The van der Waals surface area contributed by atoms with Crippen LogP contribution in [-0.2, 0) is 0 Å². The van der Waals surface area contributed by atoms with Crippen molar-refractivity contribution in [2.75, 3.05) is 17.3 Å². The van der Waals surface area contributed by atoms with Crippen molar-refractivity contribution in [1.82, 2.24) is 0 Å². The van der Waals surface area contributed by atoms with E-state index in [0.29, 0.717) is 11.3 Å². The minimum atomic E-state index is 0.378. The summed E-state index contributed by atoms with van der Waals surface area (Å²) in [5.74, 6) is 3.85. The van der Waals surface area contributed by atoms with Gasteiger partial charge in [0.1, 0.15) is 0 Å². The Morgan fingerprint density at radius 3 is 2.67 bits per heavy atom. The van der Waals surface area contributed by atoms with Crippen molar-refractivity contribution in [1.29, 1.82) is 0 Å². The van der Waals surface area contributed by atoms with E-state index in [1.54, 1.807) is 0 Å². The lowest BCUT2D eigenvalue weighted by molar-refractivity contribution is 0.735. The zero-order chi connectivity index (χ0) is 6.69. The predicted molar refractivity (Wildman–Crippen MR) is 47.2 cm³/mol. The van der Waals surface area contributed by atoms with Gasteiger partial charge >= 0.3 is 0 Å². The fourth-order valence-electron chi connectivity index (χ4n) is 0.810. The van der Waals surface area contributed by atoms with E-state index in [0.717, 1.165) is 0 Å². The van der Waals surface area contributed by atoms with E-state index < -0.39 is 0 Å². The number of nitrogens with two attached hydrogens (primary N) is 1. The van der Waals surface area contributed by atoms with Gasteiger partial charge in [-0.2, -0.15) is 23.5 Å². The van der Waals surface area contributed by atoms with Gasteiger partial charge in [-0.1, -0.05) is 0 Å². The second-order valence-electron chi connectivity index (χ2n) is 2.34. The lowest BCUT2D eigenvalue weighted by atomic mass is 10.3. The summed E-state index contributed by atoms with van der Waals surface area (Å²) < 4.78 is 0. The Balaban J connectivity index is 2.23. The normalized spacial score (nSPS) is 32.0. The molecule has 0 spiro atoms. The summed E-state index contributed by atoms with van der Waals surface area (Å²) in [5.41, 5.74) is 5.73. The Kier molecular flexibility index (Phi) is 3.22. The second-order valence-corrected chi connectivity index (χ2v) is 4.84. The molecule has 0 radical (unpaired) electrons. The maximum absolute atomic E-state index is 5.73. The van der Waals surface area contributed by atoms with Gasteiger partial charge in [-0.3, -0.25) is 0 Å². The van der Waals surface area contributed by atoms with E-state index in [1.165, 1.54) is 17.3 Å². The third-order valence-corrected chi connectivity index (χ3v) is 4.45. The molecule has 1 saturated heterocycles. The van der Waals surface area contributed by atoms with Crippen LogP contribution in [0.5, 0.6) is 0 Å². The van der Waals surface area contributed by atoms with E-state index in [9.17, 15) is 0 Å². The predicted octanol–water partition coefficient (Wildman–Crippen LogP) is 1.18. The lowest BCUT2D eigenvalue weighted by Crippen LogP contribution is -2.33. The quantitative estimate of drug-likeness (QED) is 0.628. The molecule has 0 aliphatic carbocycles. The molecule has 1 fully saturated rings. The number of hydrogen-bond acceptors (Lipinski definition) is 3. The van der Waals surface area contributed by atoms with Gasteiger partial charge in [-0.15, -0.1) is 0 Å². The van der Waals surface area contributed by atoms with Gasteiger partial charge in [0.15, 0.2) is 0 Å². The highest BCUT2D eigenvalue weighted by Gasteiger charge is 2.17. The standard InChI is InChI=1S/C6H13NS2/c1-5(7)6-4-8-2-3-9-6/h5-6H,2-4,7H2,1H3/t5-,6?/m1/s1. The molecule has 0 saturated carbocycles. The molecule has 1 nitrogen and oxygen atoms in total. The zero-order valence-electron chi connectivity index (χ0n) is 5.67. The van der Waals surface area contributed by atoms with E-state index in [2.05, 4.69) is 6.92 Å². The van der Waals surface area contributed by atoms with Crippen LogP contribution in [0.3, 0.4) is 0 Å². The fourth-order valence-corrected chi connectivity index (χ4v) is 3.65. The highest BCUT2D eigenvalue weighted by molar-refractivity contribution is 8.06. The minimum Gasteiger partial charge on any atom is -0.327 e. The molecule has 3 heteroatoms. The first-order valence-electron chi connectivity index (χ1n) is 3.25. The average Bonchev–Trinajstić information content (AvgIpc) is 1.90. The first-order valence-corrected chi connectivity index (χ1v) is 5.46. The molecule has 2 N–H and O–H groups in total. The van der Waals surface area contributed by atoms with Gasteiger partial charge in [0, 0.05) is 28.6 Å². The lowest BCUT2D eigenvalue weighted by Gasteiger charge is -2.23. The van der Waals surface area contributed by atoms with Gasteiger partial charge in [0.05, 0.1) is 0 Å². The van der Waals surface area contributed by atoms with E-state index in [-0.39, 0.29) is 0 Å². The highest BCUT2D eigenvalue weighted by Crippen LogP contribution is 2.25. The first-order chi connectivity index (χ1) is 4.30. The monoisotopic (exact) mass is 163 g/mol. The summed E-state index contributed by atoms with van der Waals surface area (Å²) in [6, 6.07) is 0.378. The molecule has 9 heavy (non-hydrogen) atoms. The van der Waals surface area contributed by atoms with Gasteiger partial charge in [0.2, 0.25) is 0 Å². The van der Waals surface area contributed by atoms with Gasteiger partial charge in [-0.25, -0.2) is 0 Å². The molecule has 1 rings (SSSR count). The number of rotatable bonds is 1. The molecule has 1 aliphatic heterocycles. The van der Waals surface area contributed by atoms with Crippen LogP contribution in [0.1, 0.15) is 6.92 Å². The van der Waals surface area contributed by atoms with Crippen LogP contribution >= 0.6 is 23.5 Å². The maximum atomic E-state index is 5.73. The van der Waals surface area contributed by atoms with Crippen molar-refractivity contribution < 1.29 is 0 Å². The molecule has 0 aromatic rings. The van der Waals surface area contributed by atoms with Crippen LogP contribution in [0.25, 0.3) is 0 Å². The van der Waals surface area contributed by atoms with Crippen LogP contribution in [0.4, 0.5) is 0 Å². The Labute approximate surface area is 65.1 Å². The molecule has 0 aromatic heterocycles. The maximum Gasteiger partial charge on any atom is 0.0287 e. The SMILES string of the molecule is C[C@@H](N)C1CSCCS1. The highest BCUT2D eigenvalue weighted by atomic mass is 32.2. The van der Waals surface area contributed by atoms with Crippen molar-refractivity contribution >= 4 is 23.5 Å². The number of hydrogen-bond donors (Lipinski definition) is 1. The van der Waals surface area contributed by atoms with E-state index in [1.807, 2.05) is 23.5 Å². The van der Waals surface area contributed by atoms with Crippen molar-refractivity contribution in [3.8, 4) is 0 Å². The summed E-state index contributed by atoms with van der Waals surface area (Å²) in [7, 11) is 0. The van der Waals surface area contributed by atoms with Crippen molar-refractivity contribution in [3.63, 3.8) is 0 Å². The smallest absolute Gasteiger partial charge is 0.0287 e. The van der Waals surface area contributed by atoms with Crippen LogP contribution < -0.4 is 5.73 Å².